The zero-order valence-electron chi connectivity index (χ0n) is 6.29. The highest BCUT2D eigenvalue weighted by Crippen LogP contribution is 2.12. The number of allylic oxidation sites excluding steroid dienone is 6. The normalized spacial score (nSPS) is 14.5. The zero-order valence-corrected chi connectivity index (χ0v) is 6.29. The van der Waals surface area contributed by atoms with Crippen LogP contribution < -0.4 is 5.11 Å². The van der Waals surface area contributed by atoms with Crippen molar-refractivity contribution in [3.8, 4) is 0 Å². The van der Waals surface area contributed by atoms with Gasteiger partial charge >= 0.3 is 0 Å². The second-order valence-corrected chi connectivity index (χ2v) is 2.42. The molecular weight excluding hydrogens is 140 g/mol. The van der Waals surface area contributed by atoms with Crippen LogP contribution in [0.25, 0.3) is 0 Å². The molecule has 1 rings (SSSR count). The van der Waals surface area contributed by atoms with Gasteiger partial charge in [-0.3, -0.25) is 0 Å². The predicted octanol–water partition coefficient (Wildman–Crippen LogP) is 0.499. The van der Waals surface area contributed by atoms with E-state index in [0.29, 0.717) is 12.8 Å². The Hall–Kier alpha value is -1.02. The lowest BCUT2D eigenvalue weighted by Gasteiger charge is -2.12. The first-order valence-corrected chi connectivity index (χ1v) is 3.70. The van der Waals surface area contributed by atoms with Crippen molar-refractivity contribution in [2.75, 3.05) is 6.61 Å². The van der Waals surface area contributed by atoms with Crippen molar-refractivity contribution in [3.63, 3.8) is 0 Å². The second kappa shape index (κ2) is 3.98. The molecular formula is C9H11O2-. The summed E-state index contributed by atoms with van der Waals surface area (Å²) in [5.74, 6) is 0.115. The molecule has 2 heteroatoms. The van der Waals surface area contributed by atoms with E-state index < -0.39 is 0 Å². The maximum atomic E-state index is 11.2. The molecule has 0 amide bonds. The first kappa shape index (κ1) is 8.08. The molecule has 0 aromatic rings. The molecule has 0 aromatic carbocycles. The molecule has 0 heterocycles. The van der Waals surface area contributed by atoms with Crippen LogP contribution in [0.5, 0.6) is 0 Å². The average molecular weight is 151 g/mol. The molecule has 0 saturated carbocycles. The zero-order chi connectivity index (χ0) is 8.10. The summed E-state index contributed by atoms with van der Waals surface area (Å²) in [6, 6.07) is 0. The summed E-state index contributed by atoms with van der Waals surface area (Å²) in [4.78, 5) is 0. The van der Waals surface area contributed by atoms with E-state index in [1.807, 2.05) is 12.2 Å². The molecule has 0 aliphatic heterocycles. The third-order valence-electron chi connectivity index (χ3n) is 1.55. The maximum Gasteiger partial charge on any atom is 0.0433 e. The molecule has 0 atom stereocenters. The molecule has 11 heavy (non-hydrogen) atoms. The van der Waals surface area contributed by atoms with Crippen molar-refractivity contribution >= 4 is 0 Å². The van der Waals surface area contributed by atoms with E-state index in [4.69, 9.17) is 5.11 Å². The van der Waals surface area contributed by atoms with Crippen molar-refractivity contribution in [2.24, 2.45) is 0 Å². The van der Waals surface area contributed by atoms with Crippen LogP contribution in [-0.4, -0.2) is 11.7 Å². The molecule has 0 bridgehead atoms. The van der Waals surface area contributed by atoms with Gasteiger partial charge in [-0.2, -0.15) is 0 Å². The van der Waals surface area contributed by atoms with E-state index in [2.05, 4.69) is 0 Å². The van der Waals surface area contributed by atoms with E-state index in [-0.39, 0.29) is 12.4 Å². The lowest BCUT2D eigenvalue weighted by atomic mass is 10.2. The Labute approximate surface area is 66.2 Å². The molecule has 0 aromatic heterocycles. The summed E-state index contributed by atoms with van der Waals surface area (Å²) in [7, 11) is 0. The van der Waals surface area contributed by atoms with Gasteiger partial charge in [-0.15, -0.1) is 5.76 Å². The van der Waals surface area contributed by atoms with E-state index in [0.717, 1.165) is 5.57 Å². The monoisotopic (exact) mass is 151 g/mol. The van der Waals surface area contributed by atoms with Gasteiger partial charge in [0.1, 0.15) is 0 Å². The van der Waals surface area contributed by atoms with Gasteiger partial charge in [-0.25, -0.2) is 0 Å². The molecule has 1 N–H and O–H groups in total. The third kappa shape index (κ3) is 2.24. The first-order chi connectivity index (χ1) is 5.34. The number of hydrogen-bond donors (Lipinski definition) is 1. The Morgan fingerprint density at radius 3 is 2.55 bits per heavy atom. The quantitative estimate of drug-likeness (QED) is 0.597. The van der Waals surface area contributed by atoms with Crippen LogP contribution in [0.4, 0.5) is 0 Å². The second-order valence-electron chi connectivity index (χ2n) is 2.42. The Morgan fingerprint density at radius 2 is 2.00 bits per heavy atom. The van der Waals surface area contributed by atoms with Gasteiger partial charge in [0, 0.05) is 6.61 Å². The highest BCUT2D eigenvalue weighted by atomic mass is 16.3. The summed E-state index contributed by atoms with van der Waals surface area (Å²) in [5.41, 5.74) is 0.749. The van der Waals surface area contributed by atoms with Crippen molar-refractivity contribution in [1.29, 1.82) is 0 Å². The fourth-order valence-corrected chi connectivity index (χ4v) is 0.944. The van der Waals surface area contributed by atoms with Gasteiger partial charge in [0.05, 0.1) is 0 Å². The predicted molar refractivity (Wildman–Crippen MR) is 41.6 cm³/mol. The topological polar surface area (TPSA) is 43.3 Å². The minimum Gasteiger partial charge on any atom is -0.875 e. The van der Waals surface area contributed by atoms with Crippen molar-refractivity contribution in [1.82, 2.24) is 0 Å². The number of rotatable bonds is 3. The smallest absolute Gasteiger partial charge is 0.0433 e. The van der Waals surface area contributed by atoms with Crippen LogP contribution in [0.1, 0.15) is 12.8 Å². The summed E-state index contributed by atoms with van der Waals surface area (Å²) >= 11 is 0. The number of hydrogen-bond acceptors (Lipinski definition) is 2. The molecule has 2 nitrogen and oxygen atoms in total. The number of aliphatic hydroxyl groups excluding tert-OH is 1. The third-order valence-corrected chi connectivity index (χ3v) is 1.55. The fraction of sp³-hybridized carbons (Fsp3) is 0.333. The summed E-state index contributed by atoms with van der Waals surface area (Å²) in [6.07, 6.45) is 8.27. The van der Waals surface area contributed by atoms with E-state index in [1.165, 1.54) is 0 Å². The highest BCUT2D eigenvalue weighted by molar-refractivity contribution is 5.41. The summed E-state index contributed by atoms with van der Waals surface area (Å²) < 4.78 is 0. The number of aliphatic hydroxyl groups is 1. The van der Waals surface area contributed by atoms with Gasteiger partial charge in [0.15, 0.2) is 0 Å². The minimum absolute atomic E-state index is 0.0897. The highest BCUT2D eigenvalue weighted by Gasteiger charge is 1.93. The molecule has 0 radical (unpaired) electrons. The first-order valence-electron chi connectivity index (χ1n) is 3.70. The van der Waals surface area contributed by atoms with Gasteiger partial charge in [-0.05, 0) is 18.4 Å². The van der Waals surface area contributed by atoms with Gasteiger partial charge in [0.25, 0.3) is 0 Å². The average Bonchev–Trinajstić information content (AvgIpc) is 2.52. The van der Waals surface area contributed by atoms with Crippen molar-refractivity contribution < 1.29 is 10.2 Å². The molecule has 0 unspecified atom stereocenters. The fourth-order valence-electron chi connectivity index (χ4n) is 0.944. The van der Waals surface area contributed by atoms with Crippen molar-refractivity contribution in [3.05, 3.63) is 35.6 Å². The van der Waals surface area contributed by atoms with E-state index in [1.54, 1.807) is 12.2 Å². The largest absolute Gasteiger partial charge is 0.875 e. The standard InChI is InChI=1S/C9H12O2/c10-7-3-6-9(11)8-4-1-2-5-8/h1-2,4-5,10-11H,3,6-7H2/p-1. The van der Waals surface area contributed by atoms with Crippen LogP contribution in [0.3, 0.4) is 0 Å². The van der Waals surface area contributed by atoms with Gasteiger partial charge < -0.3 is 10.2 Å². The van der Waals surface area contributed by atoms with E-state index in [9.17, 15) is 5.11 Å². The molecule has 0 saturated heterocycles. The van der Waals surface area contributed by atoms with Crippen LogP contribution in [0.15, 0.2) is 35.6 Å². The van der Waals surface area contributed by atoms with Crippen LogP contribution in [-0.2, 0) is 0 Å². The maximum absolute atomic E-state index is 11.2. The van der Waals surface area contributed by atoms with Gasteiger partial charge in [0.2, 0.25) is 0 Å². The molecule has 1 aliphatic rings. The lowest BCUT2D eigenvalue weighted by Crippen LogP contribution is -2.06. The minimum atomic E-state index is 0.0897. The Bertz CT molecular complexity index is 198. The Balaban J connectivity index is 2.50. The molecule has 1 aliphatic carbocycles. The van der Waals surface area contributed by atoms with Crippen molar-refractivity contribution in [2.45, 2.75) is 12.8 Å². The molecule has 0 fully saturated rings. The SMILES string of the molecule is [O-]C(CCCO)=C1C=CC=C1. The van der Waals surface area contributed by atoms with Gasteiger partial charge in [-0.1, -0.05) is 24.3 Å². The Kier molecular flexibility index (Phi) is 2.93. The molecule has 60 valence electrons. The van der Waals surface area contributed by atoms with Crippen LogP contribution in [0.2, 0.25) is 0 Å². The van der Waals surface area contributed by atoms with Crippen LogP contribution in [0, 0.1) is 0 Å². The lowest BCUT2D eigenvalue weighted by molar-refractivity contribution is -0.308. The molecule has 0 spiro atoms. The van der Waals surface area contributed by atoms with E-state index >= 15 is 0 Å². The summed E-state index contributed by atoms with van der Waals surface area (Å²) in [5, 5.41) is 19.6. The summed E-state index contributed by atoms with van der Waals surface area (Å²) in [6.45, 7) is 0.0897. The van der Waals surface area contributed by atoms with Crippen LogP contribution >= 0.6 is 0 Å². The Morgan fingerprint density at radius 1 is 1.36 bits per heavy atom.